The lowest BCUT2D eigenvalue weighted by Crippen LogP contribution is -2.08. The Labute approximate surface area is 119 Å². The zero-order valence-corrected chi connectivity index (χ0v) is 12.2. The summed E-state index contributed by atoms with van der Waals surface area (Å²) in [6.07, 6.45) is 1.71. The summed E-state index contributed by atoms with van der Waals surface area (Å²) in [4.78, 5) is 4.24. The summed E-state index contributed by atoms with van der Waals surface area (Å²) in [5.74, 6) is 0.662. The van der Waals surface area contributed by atoms with Crippen molar-refractivity contribution in [2.24, 2.45) is 0 Å². The van der Waals surface area contributed by atoms with Gasteiger partial charge in [-0.3, -0.25) is 0 Å². The SMILES string of the molecule is CC(Nc1ncc(Br)cc1Cl)c1cccc(N)c1. The number of anilines is 2. The molecule has 18 heavy (non-hydrogen) atoms. The van der Waals surface area contributed by atoms with Gasteiger partial charge in [0.05, 0.1) is 11.1 Å². The predicted molar refractivity (Wildman–Crippen MR) is 79.8 cm³/mol. The summed E-state index contributed by atoms with van der Waals surface area (Å²) < 4.78 is 0.856. The van der Waals surface area contributed by atoms with Crippen LogP contribution < -0.4 is 11.1 Å². The maximum absolute atomic E-state index is 6.11. The quantitative estimate of drug-likeness (QED) is 0.829. The number of pyridine rings is 1. The summed E-state index contributed by atoms with van der Waals surface area (Å²) in [6.45, 7) is 2.04. The van der Waals surface area contributed by atoms with Crippen molar-refractivity contribution in [1.29, 1.82) is 0 Å². The third-order valence-corrected chi connectivity index (χ3v) is 3.29. The standard InChI is InChI=1S/C13H13BrClN3/c1-8(9-3-2-4-11(16)5-9)18-13-12(15)6-10(14)7-17-13/h2-8H,16H2,1H3,(H,17,18). The lowest BCUT2D eigenvalue weighted by molar-refractivity contribution is 0.875. The molecule has 0 aliphatic rings. The Kier molecular flexibility index (Phi) is 4.09. The van der Waals surface area contributed by atoms with Gasteiger partial charge in [-0.1, -0.05) is 23.7 Å². The number of hydrogen-bond acceptors (Lipinski definition) is 3. The highest BCUT2D eigenvalue weighted by atomic mass is 79.9. The molecule has 5 heteroatoms. The molecule has 1 aromatic carbocycles. The molecule has 0 saturated heterocycles. The van der Waals surface area contributed by atoms with E-state index < -0.39 is 0 Å². The molecule has 0 amide bonds. The molecule has 1 heterocycles. The molecular weight excluding hydrogens is 314 g/mol. The van der Waals surface area contributed by atoms with Crippen LogP contribution in [0.25, 0.3) is 0 Å². The first-order valence-electron chi connectivity index (χ1n) is 5.49. The number of hydrogen-bond donors (Lipinski definition) is 2. The Hall–Kier alpha value is -1.26. The van der Waals surface area contributed by atoms with E-state index in [2.05, 4.69) is 26.2 Å². The van der Waals surface area contributed by atoms with Crippen LogP contribution in [0.5, 0.6) is 0 Å². The van der Waals surface area contributed by atoms with E-state index in [-0.39, 0.29) is 6.04 Å². The van der Waals surface area contributed by atoms with E-state index in [4.69, 9.17) is 17.3 Å². The average molecular weight is 327 g/mol. The van der Waals surface area contributed by atoms with Gasteiger partial charge in [0.15, 0.2) is 0 Å². The highest BCUT2D eigenvalue weighted by molar-refractivity contribution is 9.10. The van der Waals surface area contributed by atoms with Crippen LogP contribution >= 0.6 is 27.5 Å². The first-order chi connectivity index (χ1) is 8.56. The molecule has 1 unspecified atom stereocenters. The van der Waals surface area contributed by atoms with Crippen molar-refractivity contribution in [1.82, 2.24) is 4.98 Å². The van der Waals surface area contributed by atoms with Gasteiger partial charge in [-0.2, -0.15) is 0 Å². The van der Waals surface area contributed by atoms with Gasteiger partial charge in [-0.05, 0) is 46.6 Å². The molecule has 1 atom stereocenters. The number of nitrogens with one attached hydrogen (secondary N) is 1. The number of nitrogen functional groups attached to an aromatic ring is 1. The number of aromatic nitrogens is 1. The van der Waals surface area contributed by atoms with E-state index in [1.807, 2.05) is 37.3 Å². The molecule has 0 aliphatic carbocycles. The van der Waals surface area contributed by atoms with Gasteiger partial charge in [0.2, 0.25) is 0 Å². The molecule has 3 N–H and O–H groups in total. The van der Waals surface area contributed by atoms with Crippen LogP contribution in [0, 0.1) is 0 Å². The third kappa shape index (κ3) is 3.15. The zero-order chi connectivity index (χ0) is 13.1. The van der Waals surface area contributed by atoms with Gasteiger partial charge in [0.25, 0.3) is 0 Å². The molecule has 2 rings (SSSR count). The molecule has 94 valence electrons. The topological polar surface area (TPSA) is 50.9 Å². The second-order valence-electron chi connectivity index (χ2n) is 4.02. The second-order valence-corrected chi connectivity index (χ2v) is 5.34. The molecule has 0 spiro atoms. The second kappa shape index (κ2) is 5.59. The van der Waals surface area contributed by atoms with Crippen molar-refractivity contribution >= 4 is 39.0 Å². The van der Waals surface area contributed by atoms with Crippen molar-refractivity contribution in [3.8, 4) is 0 Å². The van der Waals surface area contributed by atoms with Crippen LogP contribution in [0.2, 0.25) is 5.02 Å². The first kappa shape index (κ1) is 13.2. The van der Waals surface area contributed by atoms with Crippen molar-refractivity contribution in [2.45, 2.75) is 13.0 Å². The summed E-state index contributed by atoms with van der Waals surface area (Å²) in [5.41, 5.74) is 7.60. The highest BCUT2D eigenvalue weighted by Gasteiger charge is 2.09. The van der Waals surface area contributed by atoms with E-state index in [1.54, 1.807) is 6.20 Å². The number of nitrogens with two attached hydrogens (primary N) is 1. The van der Waals surface area contributed by atoms with Crippen LogP contribution in [0.4, 0.5) is 11.5 Å². The molecule has 0 saturated carbocycles. The largest absolute Gasteiger partial charge is 0.399 e. The van der Waals surface area contributed by atoms with Crippen LogP contribution in [0.1, 0.15) is 18.5 Å². The Morgan fingerprint density at radius 1 is 1.39 bits per heavy atom. The Morgan fingerprint density at radius 2 is 2.17 bits per heavy atom. The van der Waals surface area contributed by atoms with Gasteiger partial charge in [0, 0.05) is 16.4 Å². The van der Waals surface area contributed by atoms with Crippen LogP contribution in [-0.4, -0.2) is 4.98 Å². The summed E-state index contributed by atoms with van der Waals surface area (Å²) >= 11 is 9.44. The molecular formula is C13H13BrClN3. The Morgan fingerprint density at radius 3 is 2.83 bits per heavy atom. The van der Waals surface area contributed by atoms with E-state index in [1.165, 1.54) is 0 Å². The van der Waals surface area contributed by atoms with E-state index in [9.17, 15) is 0 Å². The minimum atomic E-state index is 0.0830. The molecule has 0 radical (unpaired) electrons. The fourth-order valence-electron chi connectivity index (χ4n) is 1.64. The smallest absolute Gasteiger partial charge is 0.145 e. The van der Waals surface area contributed by atoms with Gasteiger partial charge in [0.1, 0.15) is 5.82 Å². The van der Waals surface area contributed by atoms with Crippen LogP contribution in [-0.2, 0) is 0 Å². The molecule has 3 nitrogen and oxygen atoms in total. The molecule has 2 aromatic rings. The predicted octanol–water partition coefficient (Wildman–Crippen LogP) is 4.25. The highest BCUT2D eigenvalue weighted by Crippen LogP contribution is 2.27. The first-order valence-corrected chi connectivity index (χ1v) is 6.66. The Bertz CT molecular complexity index is 560. The minimum Gasteiger partial charge on any atom is -0.399 e. The Balaban J connectivity index is 2.18. The van der Waals surface area contributed by atoms with Gasteiger partial charge < -0.3 is 11.1 Å². The number of rotatable bonds is 3. The summed E-state index contributed by atoms with van der Waals surface area (Å²) in [5, 5.41) is 3.84. The van der Waals surface area contributed by atoms with E-state index >= 15 is 0 Å². The van der Waals surface area contributed by atoms with Crippen LogP contribution in [0.15, 0.2) is 41.0 Å². The summed E-state index contributed by atoms with van der Waals surface area (Å²) in [7, 11) is 0. The minimum absolute atomic E-state index is 0.0830. The van der Waals surface area contributed by atoms with Crippen molar-refractivity contribution in [2.75, 3.05) is 11.1 Å². The molecule has 0 fully saturated rings. The van der Waals surface area contributed by atoms with E-state index in [0.29, 0.717) is 10.8 Å². The van der Waals surface area contributed by atoms with Gasteiger partial charge in [-0.25, -0.2) is 4.98 Å². The molecule has 0 bridgehead atoms. The maximum Gasteiger partial charge on any atom is 0.145 e. The van der Waals surface area contributed by atoms with Crippen LogP contribution in [0.3, 0.4) is 0 Å². The van der Waals surface area contributed by atoms with Gasteiger partial charge in [-0.15, -0.1) is 0 Å². The lowest BCUT2D eigenvalue weighted by Gasteiger charge is -2.16. The fourth-order valence-corrected chi connectivity index (χ4v) is 2.32. The average Bonchev–Trinajstić information content (AvgIpc) is 2.32. The van der Waals surface area contributed by atoms with Crippen molar-refractivity contribution in [3.63, 3.8) is 0 Å². The number of halogens is 2. The molecule has 1 aromatic heterocycles. The monoisotopic (exact) mass is 325 g/mol. The van der Waals surface area contributed by atoms with Crippen molar-refractivity contribution < 1.29 is 0 Å². The fraction of sp³-hybridized carbons (Fsp3) is 0.154. The number of benzene rings is 1. The van der Waals surface area contributed by atoms with Gasteiger partial charge >= 0.3 is 0 Å². The van der Waals surface area contributed by atoms with Crippen molar-refractivity contribution in [3.05, 3.63) is 51.6 Å². The normalized spacial score (nSPS) is 12.2. The molecule has 0 aliphatic heterocycles. The lowest BCUT2D eigenvalue weighted by atomic mass is 10.1. The summed E-state index contributed by atoms with van der Waals surface area (Å²) in [6, 6.07) is 9.63. The third-order valence-electron chi connectivity index (χ3n) is 2.57. The zero-order valence-electron chi connectivity index (χ0n) is 9.82. The maximum atomic E-state index is 6.11. The van der Waals surface area contributed by atoms with E-state index in [0.717, 1.165) is 15.7 Å². The number of nitrogens with zero attached hydrogens (tertiary/aromatic N) is 1.